The number of nitrogens with one attached hydrogen (secondary N) is 1. The molecule has 1 aromatic carbocycles. The Balaban J connectivity index is 1.51. The second-order valence-corrected chi connectivity index (χ2v) is 8.80. The number of ketones is 1. The summed E-state index contributed by atoms with van der Waals surface area (Å²) in [6, 6.07) is 8.73. The number of Topliss-reactive ketones (excluding diaryl/α,β-unsaturated/α-hetero) is 1. The molecule has 0 fully saturated rings. The predicted molar refractivity (Wildman–Crippen MR) is 112 cm³/mol. The van der Waals surface area contributed by atoms with Crippen molar-refractivity contribution in [2.45, 2.75) is 10.8 Å². The number of halogens is 1. The molecular formula is C18H15ClN2O3S3. The van der Waals surface area contributed by atoms with E-state index in [0.717, 1.165) is 9.22 Å². The van der Waals surface area contributed by atoms with Gasteiger partial charge in [0, 0.05) is 11.1 Å². The number of anilines is 1. The summed E-state index contributed by atoms with van der Waals surface area (Å²) >= 11 is 10.3. The quantitative estimate of drug-likeness (QED) is 0.395. The Morgan fingerprint density at radius 3 is 2.85 bits per heavy atom. The number of methoxy groups -OCH3 is 1. The number of carbonyl (C=O) groups is 2. The maximum Gasteiger partial charge on any atom is 0.230 e. The van der Waals surface area contributed by atoms with Gasteiger partial charge in [0.2, 0.25) is 5.91 Å². The van der Waals surface area contributed by atoms with Crippen LogP contribution in [0.3, 0.4) is 0 Å². The summed E-state index contributed by atoms with van der Waals surface area (Å²) in [5, 5.41) is 6.93. The minimum absolute atomic E-state index is 0.0841. The van der Waals surface area contributed by atoms with E-state index < -0.39 is 0 Å². The van der Waals surface area contributed by atoms with Crippen LogP contribution in [0.15, 0.2) is 45.4 Å². The van der Waals surface area contributed by atoms with Crippen molar-refractivity contribution in [3.8, 4) is 5.75 Å². The topological polar surface area (TPSA) is 68.3 Å². The molecule has 0 saturated carbocycles. The molecule has 0 spiro atoms. The van der Waals surface area contributed by atoms with Gasteiger partial charge in [-0.15, -0.1) is 22.7 Å². The predicted octanol–water partition coefficient (Wildman–Crippen LogP) is 5.02. The Labute approximate surface area is 173 Å². The minimum Gasteiger partial charge on any atom is -0.495 e. The number of thiazole rings is 1. The van der Waals surface area contributed by atoms with Crippen LogP contribution in [0.25, 0.3) is 0 Å². The number of aromatic nitrogens is 1. The van der Waals surface area contributed by atoms with Gasteiger partial charge in [0.1, 0.15) is 5.75 Å². The second kappa shape index (κ2) is 9.36. The van der Waals surface area contributed by atoms with Crippen molar-refractivity contribution >= 4 is 63.4 Å². The first-order valence-electron chi connectivity index (χ1n) is 7.82. The number of hydrogen-bond acceptors (Lipinski definition) is 7. The van der Waals surface area contributed by atoms with Gasteiger partial charge in [-0.1, -0.05) is 29.4 Å². The van der Waals surface area contributed by atoms with Gasteiger partial charge >= 0.3 is 0 Å². The number of ether oxygens (including phenoxy) is 1. The molecule has 0 bridgehead atoms. The molecule has 9 heteroatoms. The lowest BCUT2D eigenvalue weighted by atomic mass is 10.2. The van der Waals surface area contributed by atoms with Gasteiger partial charge in [-0.05, 0) is 29.6 Å². The summed E-state index contributed by atoms with van der Waals surface area (Å²) in [7, 11) is 1.53. The van der Waals surface area contributed by atoms with Crippen molar-refractivity contribution in [2.75, 3.05) is 18.2 Å². The van der Waals surface area contributed by atoms with Gasteiger partial charge in [0.05, 0.1) is 34.9 Å². The molecule has 0 radical (unpaired) electrons. The number of rotatable bonds is 8. The highest BCUT2D eigenvalue weighted by molar-refractivity contribution is 8.01. The van der Waals surface area contributed by atoms with E-state index in [2.05, 4.69) is 10.3 Å². The zero-order chi connectivity index (χ0) is 19.2. The van der Waals surface area contributed by atoms with Crippen LogP contribution in [0.1, 0.15) is 15.4 Å². The SMILES string of the molecule is COc1ccc(NC(=O)Cc2csc(SCC(=O)c3cccs3)n2)cc1Cl. The van der Waals surface area contributed by atoms with Crippen LogP contribution in [0.2, 0.25) is 5.02 Å². The van der Waals surface area contributed by atoms with E-state index in [1.165, 1.54) is 41.5 Å². The molecule has 27 heavy (non-hydrogen) atoms. The molecule has 0 atom stereocenters. The molecule has 2 aromatic heterocycles. The number of benzene rings is 1. The van der Waals surface area contributed by atoms with Crippen LogP contribution in [0.4, 0.5) is 5.69 Å². The second-order valence-electron chi connectivity index (χ2n) is 5.37. The van der Waals surface area contributed by atoms with Gasteiger partial charge < -0.3 is 10.1 Å². The molecule has 5 nitrogen and oxygen atoms in total. The van der Waals surface area contributed by atoms with E-state index in [1.54, 1.807) is 18.2 Å². The van der Waals surface area contributed by atoms with Crippen LogP contribution in [-0.2, 0) is 11.2 Å². The Bertz CT molecular complexity index is 941. The number of hydrogen-bond donors (Lipinski definition) is 1. The maximum atomic E-state index is 12.2. The van der Waals surface area contributed by atoms with E-state index in [-0.39, 0.29) is 18.1 Å². The van der Waals surface area contributed by atoms with Crippen LogP contribution < -0.4 is 10.1 Å². The Hall–Kier alpha value is -1.87. The molecule has 1 amide bonds. The van der Waals surface area contributed by atoms with Crippen molar-refractivity contribution in [1.82, 2.24) is 4.98 Å². The van der Waals surface area contributed by atoms with Crippen molar-refractivity contribution in [2.24, 2.45) is 0 Å². The van der Waals surface area contributed by atoms with Crippen LogP contribution in [0, 0.1) is 0 Å². The maximum absolute atomic E-state index is 12.2. The normalized spacial score (nSPS) is 10.6. The molecule has 140 valence electrons. The Morgan fingerprint density at radius 1 is 1.30 bits per heavy atom. The molecule has 3 aromatic rings. The zero-order valence-corrected chi connectivity index (χ0v) is 17.4. The first-order chi connectivity index (χ1) is 13.0. The average Bonchev–Trinajstić information content (AvgIpc) is 3.32. The summed E-state index contributed by atoms with van der Waals surface area (Å²) in [6.45, 7) is 0. The third-order valence-electron chi connectivity index (χ3n) is 3.43. The molecule has 1 N–H and O–H groups in total. The molecule has 0 aliphatic heterocycles. The van der Waals surface area contributed by atoms with Crippen LogP contribution in [-0.4, -0.2) is 29.5 Å². The number of thiophene rings is 1. The number of nitrogens with zero attached hydrogens (tertiary/aromatic N) is 1. The summed E-state index contributed by atoms with van der Waals surface area (Å²) in [5.74, 6) is 0.783. The lowest BCUT2D eigenvalue weighted by Crippen LogP contribution is -2.14. The van der Waals surface area contributed by atoms with E-state index in [4.69, 9.17) is 16.3 Å². The largest absolute Gasteiger partial charge is 0.495 e. The highest BCUT2D eigenvalue weighted by Crippen LogP contribution is 2.28. The minimum atomic E-state index is -0.187. The van der Waals surface area contributed by atoms with Crippen LogP contribution in [0.5, 0.6) is 5.75 Å². The van der Waals surface area contributed by atoms with E-state index in [9.17, 15) is 9.59 Å². The fourth-order valence-corrected chi connectivity index (χ4v) is 4.93. The van der Waals surface area contributed by atoms with Crippen LogP contribution >= 0.6 is 46.0 Å². The van der Waals surface area contributed by atoms with Gasteiger partial charge in [0.15, 0.2) is 10.1 Å². The molecular weight excluding hydrogens is 424 g/mol. The van der Waals surface area contributed by atoms with E-state index >= 15 is 0 Å². The van der Waals surface area contributed by atoms with Gasteiger partial charge in [-0.2, -0.15) is 0 Å². The summed E-state index contributed by atoms with van der Waals surface area (Å²) in [5.41, 5.74) is 1.26. The standard InChI is InChI=1S/C18H15ClN2O3S3/c1-24-15-5-4-11(7-13(15)19)20-17(23)8-12-9-26-18(21-12)27-10-14(22)16-3-2-6-25-16/h2-7,9H,8,10H2,1H3,(H,20,23). The number of carbonyl (C=O) groups excluding carboxylic acids is 2. The Kier molecular flexibility index (Phi) is 6.89. The Morgan fingerprint density at radius 2 is 2.15 bits per heavy atom. The third-order valence-corrected chi connectivity index (χ3v) is 6.71. The smallest absolute Gasteiger partial charge is 0.230 e. The number of thioether (sulfide) groups is 1. The van der Waals surface area contributed by atoms with E-state index in [0.29, 0.717) is 27.9 Å². The van der Waals surface area contributed by atoms with Crippen molar-refractivity contribution in [3.63, 3.8) is 0 Å². The average molecular weight is 439 g/mol. The third kappa shape index (κ3) is 5.55. The fourth-order valence-electron chi connectivity index (χ4n) is 2.19. The molecule has 0 aliphatic rings. The summed E-state index contributed by atoms with van der Waals surface area (Å²) in [6.07, 6.45) is 0.152. The van der Waals surface area contributed by atoms with Crippen molar-refractivity contribution < 1.29 is 14.3 Å². The highest BCUT2D eigenvalue weighted by atomic mass is 35.5. The highest BCUT2D eigenvalue weighted by Gasteiger charge is 2.12. The first kappa shape index (κ1) is 19.9. The summed E-state index contributed by atoms with van der Waals surface area (Å²) < 4.78 is 5.86. The van der Waals surface area contributed by atoms with Gasteiger partial charge in [0.25, 0.3) is 0 Å². The van der Waals surface area contributed by atoms with E-state index in [1.807, 2.05) is 22.9 Å². The van der Waals surface area contributed by atoms with Crippen molar-refractivity contribution in [3.05, 3.63) is 56.7 Å². The molecule has 0 saturated heterocycles. The summed E-state index contributed by atoms with van der Waals surface area (Å²) in [4.78, 5) is 29.4. The molecule has 2 heterocycles. The lowest BCUT2D eigenvalue weighted by Gasteiger charge is -2.07. The molecule has 3 rings (SSSR count). The van der Waals surface area contributed by atoms with Gasteiger partial charge in [-0.25, -0.2) is 4.98 Å². The monoisotopic (exact) mass is 438 g/mol. The fraction of sp³-hybridized carbons (Fsp3) is 0.167. The van der Waals surface area contributed by atoms with Crippen molar-refractivity contribution in [1.29, 1.82) is 0 Å². The molecule has 0 aliphatic carbocycles. The first-order valence-corrected chi connectivity index (χ1v) is 10.9. The van der Waals surface area contributed by atoms with Gasteiger partial charge in [-0.3, -0.25) is 9.59 Å². The number of amides is 1. The lowest BCUT2D eigenvalue weighted by molar-refractivity contribution is -0.115. The zero-order valence-electron chi connectivity index (χ0n) is 14.2. The molecule has 0 unspecified atom stereocenters.